The zero-order valence-electron chi connectivity index (χ0n) is 20.3. The molecular weight excluding hydrogens is 527 g/mol. The maximum atomic E-state index is 13.0. The van der Waals surface area contributed by atoms with Gasteiger partial charge in [-0.1, -0.05) is 73.6 Å². The normalized spacial score (nSPS) is 23.3. The lowest BCUT2D eigenvalue weighted by Crippen LogP contribution is -2.41. The number of carbonyl (C=O) groups is 2. The van der Waals surface area contributed by atoms with Crippen LogP contribution in [0.2, 0.25) is 0 Å². The molecule has 2 amide bonds. The van der Waals surface area contributed by atoms with Gasteiger partial charge in [0.25, 0.3) is 21.8 Å². The molecular formula is C27H29N3O4S3. The van der Waals surface area contributed by atoms with Crippen molar-refractivity contribution in [3.63, 3.8) is 0 Å². The average Bonchev–Trinajstić information content (AvgIpc) is 3.16. The molecule has 37 heavy (non-hydrogen) atoms. The highest BCUT2D eigenvalue weighted by Crippen LogP contribution is 2.38. The number of nitrogens with one attached hydrogen (secondary N) is 1. The summed E-state index contributed by atoms with van der Waals surface area (Å²) >= 11 is 6.41. The van der Waals surface area contributed by atoms with E-state index in [0.29, 0.717) is 4.91 Å². The second kappa shape index (κ2) is 11.0. The van der Waals surface area contributed by atoms with Gasteiger partial charge in [0.2, 0.25) is 0 Å². The molecule has 0 spiro atoms. The second-order valence-electron chi connectivity index (χ2n) is 9.74. The van der Waals surface area contributed by atoms with E-state index in [1.165, 1.54) is 49.9 Å². The summed E-state index contributed by atoms with van der Waals surface area (Å²) in [5.41, 5.74) is 2.07. The molecule has 3 aliphatic rings. The van der Waals surface area contributed by atoms with Crippen LogP contribution in [0.3, 0.4) is 0 Å². The summed E-state index contributed by atoms with van der Waals surface area (Å²) in [6, 6.07) is 15.8. The first kappa shape index (κ1) is 25.9. The third-order valence-electron chi connectivity index (χ3n) is 7.32. The predicted octanol–water partition coefficient (Wildman–Crippen LogP) is 4.41. The summed E-state index contributed by atoms with van der Waals surface area (Å²) in [5.74, 6) is 0.439. The molecule has 5 rings (SSSR count). The van der Waals surface area contributed by atoms with Crippen LogP contribution < -0.4 is 9.62 Å². The third kappa shape index (κ3) is 5.91. The number of rotatable bonds is 6. The van der Waals surface area contributed by atoms with E-state index in [2.05, 4.69) is 17.0 Å². The number of thioether (sulfide) groups is 1. The van der Waals surface area contributed by atoms with E-state index in [9.17, 15) is 18.0 Å². The molecule has 1 aliphatic carbocycles. The van der Waals surface area contributed by atoms with E-state index in [1.807, 2.05) is 16.9 Å². The van der Waals surface area contributed by atoms with Gasteiger partial charge >= 0.3 is 0 Å². The number of fused-ring (bicyclic) bond motifs is 1. The first-order chi connectivity index (χ1) is 17.8. The van der Waals surface area contributed by atoms with Crippen LogP contribution in [0, 0.1) is 11.8 Å². The molecule has 2 atom stereocenters. The quantitative estimate of drug-likeness (QED) is 0.417. The number of thiocarbonyl (C=S) groups is 1. The van der Waals surface area contributed by atoms with Gasteiger partial charge in [-0.2, -0.15) is 0 Å². The minimum atomic E-state index is -4.02. The first-order valence-electron chi connectivity index (χ1n) is 12.5. The van der Waals surface area contributed by atoms with Crippen LogP contribution in [-0.4, -0.2) is 49.1 Å². The zero-order chi connectivity index (χ0) is 26.0. The van der Waals surface area contributed by atoms with Crippen LogP contribution in [0.25, 0.3) is 6.08 Å². The van der Waals surface area contributed by atoms with Gasteiger partial charge in [0.1, 0.15) is 10.9 Å². The van der Waals surface area contributed by atoms with E-state index >= 15 is 0 Å². The predicted molar refractivity (Wildman–Crippen MR) is 150 cm³/mol. The van der Waals surface area contributed by atoms with Crippen LogP contribution in [0.4, 0.5) is 5.69 Å². The van der Waals surface area contributed by atoms with Gasteiger partial charge in [0.15, 0.2) is 0 Å². The van der Waals surface area contributed by atoms with E-state index in [4.69, 9.17) is 12.2 Å². The molecule has 194 valence electrons. The highest BCUT2D eigenvalue weighted by Gasteiger charge is 2.34. The van der Waals surface area contributed by atoms with Crippen molar-refractivity contribution in [2.45, 2.75) is 37.0 Å². The number of anilines is 1. The summed E-state index contributed by atoms with van der Waals surface area (Å²) in [4.78, 5) is 29.4. The van der Waals surface area contributed by atoms with Gasteiger partial charge in [0.05, 0.1) is 9.80 Å². The topological polar surface area (TPSA) is 86.8 Å². The molecule has 3 fully saturated rings. The maximum Gasteiger partial charge on any atom is 0.266 e. The Bertz CT molecular complexity index is 1330. The molecule has 0 unspecified atom stereocenters. The number of carbonyl (C=O) groups excluding carboxylic acids is 2. The monoisotopic (exact) mass is 555 g/mol. The molecule has 2 saturated heterocycles. The zero-order valence-corrected chi connectivity index (χ0v) is 22.8. The summed E-state index contributed by atoms with van der Waals surface area (Å²) in [6.45, 7) is 1.73. The van der Waals surface area contributed by atoms with Crippen LogP contribution in [0.5, 0.6) is 0 Å². The van der Waals surface area contributed by atoms with Gasteiger partial charge in [-0.15, -0.1) is 0 Å². The Morgan fingerprint density at radius 2 is 1.73 bits per heavy atom. The standard InChI is InChI=1S/C27H29N3O4S3/c31-25(28-37(33,34)23-8-2-1-3-9-23)18-30-26(32)24(36-27(30)35)16-19-10-12-22(13-11-19)29-15-14-20-6-4-5-7-21(20)17-29/h1-3,8-13,16,20-21H,4-7,14-15,17-18H2,(H,28,31)/b24-16-/t20-,21-/m0/s1. The van der Waals surface area contributed by atoms with E-state index in [-0.39, 0.29) is 9.22 Å². The summed E-state index contributed by atoms with van der Waals surface area (Å²) in [6.07, 6.45) is 8.44. The van der Waals surface area contributed by atoms with Crippen LogP contribution in [0.15, 0.2) is 64.4 Å². The Labute approximate surface area is 227 Å². The van der Waals surface area contributed by atoms with Crippen molar-refractivity contribution in [2.75, 3.05) is 24.5 Å². The fraction of sp³-hybridized carbons (Fsp3) is 0.370. The average molecular weight is 556 g/mol. The molecule has 2 aromatic carbocycles. The second-order valence-corrected chi connectivity index (χ2v) is 13.1. The van der Waals surface area contributed by atoms with E-state index in [1.54, 1.807) is 24.3 Å². The Morgan fingerprint density at radius 1 is 1.03 bits per heavy atom. The highest BCUT2D eigenvalue weighted by atomic mass is 32.2. The van der Waals surface area contributed by atoms with Crippen LogP contribution >= 0.6 is 24.0 Å². The van der Waals surface area contributed by atoms with Crippen molar-refractivity contribution in [1.29, 1.82) is 0 Å². The minimum absolute atomic E-state index is 0.0276. The van der Waals surface area contributed by atoms with Gasteiger partial charge in [0, 0.05) is 18.8 Å². The number of benzene rings is 2. The SMILES string of the molecule is O=C(CN1C(=O)/C(=C/c2ccc(N3CC[C@@H]4CCCC[C@H]4C3)cc2)SC1=S)NS(=O)(=O)c1ccccc1. The van der Waals surface area contributed by atoms with Crippen molar-refractivity contribution in [1.82, 2.24) is 9.62 Å². The van der Waals surface area contributed by atoms with Crippen molar-refractivity contribution < 1.29 is 18.0 Å². The van der Waals surface area contributed by atoms with E-state index in [0.717, 1.165) is 47.2 Å². The number of hydrogen-bond acceptors (Lipinski definition) is 7. The van der Waals surface area contributed by atoms with Gasteiger partial charge in [-0.25, -0.2) is 13.1 Å². The Hall–Kier alpha value is -2.69. The molecule has 2 heterocycles. The molecule has 2 aliphatic heterocycles. The lowest BCUT2D eigenvalue weighted by molar-refractivity contribution is -0.127. The number of hydrogen-bond donors (Lipinski definition) is 1. The largest absolute Gasteiger partial charge is 0.371 e. The fourth-order valence-electron chi connectivity index (χ4n) is 5.39. The summed E-state index contributed by atoms with van der Waals surface area (Å²) in [5, 5.41) is 0. The Morgan fingerprint density at radius 3 is 2.46 bits per heavy atom. The van der Waals surface area contributed by atoms with Crippen molar-refractivity contribution in [2.24, 2.45) is 11.8 Å². The number of amides is 2. The minimum Gasteiger partial charge on any atom is -0.371 e. The molecule has 2 aromatic rings. The highest BCUT2D eigenvalue weighted by molar-refractivity contribution is 8.26. The number of piperidine rings is 1. The van der Waals surface area contributed by atoms with Gasteiger partial charge in [-0.3, -0.25) is 14.5 Å². The summed E-state index contributed by atoms with van der Waals surface area (Å²) < 4.78 is 27.0. The number of nitrogens with zero attached hydrogens (tertiary/aromatic N) is 2. The van der Waals surface area contributed by atoms with Gasteiger partial charge < -0.3 is 4.90 Å². The molecule has 7 nitrogen and oxygen atoms in total. The van der Waals surface area contributed by atoms with Crippen molar-refractivity contribution in [3.05, 3.63) is 65.1 Å². The molecule has 0 bridgehead atoms. The van der Waals surface area contributed by atoms with Crippen LogP contribution in [-0.2, 0) is 19.6 Å². The molecule has 1 saturated carbocycles. The molecule has 1 N–H and O–H groups in total. The van der Waals surface area contributed by atoms with E-state index < -0.39 is 28.4 Å². The summed E-state index contributed by atoms with van der Waals surface area (Å²) in [7, 11) is -4.02. The lowest BCUT2D eigenvalue weighted by atomic mass is 9.75. The third-order valence-corrected chi connectivity index (χ3v) is 10.1. The maximum absolute atomic E-state index is 13.0. The Kier molecular flexibility index (Phi) is 7.69. The molecule has 0 aromatic heterocycles. The lowest BCUT2D eigenvalue weighted by Gasteiger charge is -2.42. The van der Waals surface area contributed by atoms with Crippen molar-refractivity contribution >= 4 is 61.9 Å². The smallest absolute Gasteiger partial charge is 0.266 e. The fourth-order valence-corrected chi connectivity index (χ4v) is 7.64. The number of sulfonamides is 1. The molecule has 0 radical (unpaired) electrons. The molecule has 10 heteroatoms. The Balaban J connectivity index is 1.21. The van der Waals surface area contributed by atoms with Crippen LogP contribution in [0.1, 0.15) is 37.7 Å². The van der Waals surface area contributed by atoms with Gasteiger partial charge in [-0.05, 0) is 60.6 Å². The van der Waals surface area contributed by atoms with Crippen molar-refractivity contribution in [3.8, 4) is 0 Å². The first-order valence-corrected chi connectivity index (χ1v) is 15.2.